The van der Waals surface area contributed by atoms with E-state index >= 15 is 0 Å². The smallest absolute Gasteiger partial charge is 0.169 e. The molecule has 0 N–H and O–H groups in total. The quantitative estimate of drug-likeness (QED) is 0.160. The summed E-state index contributed by atoms with van der Waals surface area (Å²) in [5.74, 6) is 1.42. The third-order valence-electron chi connectivity index (χ3n) is 6.57. The first-order valence-corrected chi connectivity index (χ1v) is 12.6. The Bertz CT molecular complexity index is 1360. The fourth-order valence-corrected chi connectivity index (χ4v) is 4.83. The maximum atomic E-state index is 10.1. The second-order valence-electron chi connectivity index (χ2n) is 8.94. The number of hydrogen-bond acceptors (Lipinski definition) is 4. The fraction of sp³-hybridized carbons (Fsp3) is 0.400. The van der Waals surface area contributed by atoms with Gasteiger partial charge in [-0.1, -0.05) is 76.6 Å². The van der Waals surface area contributed by atoms with Gasteiger partial charge in [-0.15, -0.1) is 0 Å². The van der Waals surface area contributed by atoms with Gasteiger partial charge < -0.3 is 9.47 Å². The molecular weight excluding hydrogens is 420 g/mol. The number of hydrogen-bond donors (Lipinski definition) is 0. The van der Waals surface area contributed by atoms with Gasteiger partial charge in [0.15, 0.2) is 11.5 Å². The number of nitriles is 2. The molecule has 0 aliphatic carbocycles. The zero-order valence-electron chi connectivity index (χ0n) is 20.2. The Morgan fingerprint density at radius 2 is 1.35 bits per heavy atom. The maximum absolute atomic E-state index is 10.1. The zero-order chi connectivity index (χ0) is 23.9. The topological polar surface area (TPSA) is 66.0 Å². The van der Waals surface area contributed by atoms with Crippen molar-refractivity contribution < 1.29 is 9.47 Å². The van der Waals surface area contributed by atoms with Crippen LogP contribution in [-0.4, -0.2) is 13.2 Å². The maximum Gasteiger partial charge on any atom is 0.169 e. The lowest BCUT2D eigenvalue weighted by Crippen LogP contribution is -2.04. The molecule has 0 saturated carbocycles. The summed E-state index contributed by atoms with van der Waals surface area (Å²) in [6.45, 7) is 5.63. The highest BCUT2D eigenvalue weighted by atomic mass is 16.5. The first-order valence-electron chi connectivity index (χ1n) is 12.6. The van der Waals surface area contributed by atoms with Crippen molar-refractivity contribution in [1.29, 1.82) is 10.5 Å². The number of ether oxygens (including phenoxy) is 2. The summed E-state index contributed by atoms with van der Waals surface area (Å²) in [5.41, 5.74) is 0.833. The molecule has 0 bridgehead atoms. The molecule has 0 aliphatic rings. The van der Waals surface area contributed by atoms with Crippen molar-refractivity contribution >= 4 is 32.3 Å². The van der Waals surface area contributed by atoms with Crippen molar-refractivity contribution in [3.05, 3.63) is 47.5 Å². The lowest BCUT2D eigenvalue weighted by Gasteiger charge is -2.20. The van der Waals surface area contributed by atoms with Gasteiger partial charge in [0.05, 0.1) is 24.3 Å². The van der Waals surface area contributed by atoms with E-state index in [-0.39, 0.29) is 0 Å². The van der Waals surface area contributed by atoms with Gasteiger partial charge in [-0.3, -0.25) is 0 Å². The Balaban J connectivity index is 1.88. The molecule has 0 atom stereocenters. The summed E-state index contributed by atoms with van der Waals surface area (Å²) in [4.78, 5) is 0. The SMILES string of the molecule is CCCCCCOc1cc2c(C#N)c(C#N)c3cccc4ccc(c1OCCCCCC)c2c43. The van der Waals surface area contributed by atoms with E-state index < -0.39 is 0 Å². The Kier molecular flexibility index (Phi) is 7.71. The molecule has 34 heavy (non-hydrogen) atoms. The van der Waals surface area contributed by atoms with Gasteiger partial charge in [0.2, 0.25) is 0 Å². The van der Waals surface area contributed by atoms with Crippen molar-refractivity contribution in [3.8, 4) is 23.6 Å². The van der Waals surface area contributed by atoms with Crippen LogP contribution in [0.1, 0.15) is 76.3 Å². The summed E-state index contributed by atoms with van der Waals surface area (Å²) >= 11 is 0. The van der Waals surface area contributed by atoms with Gasteiger partial charge in [0, 0.05) is 21.5 Å². The number of unbranched alkanes of at least 4 members (excludes halogenated alkanes) is 6. The third kappa shape index (κ3) is 4.46. The van der Waals surface area contributed by atoms with Crippen molar-refractivity contribution in [3.63, 3.8) is 0 Å². The third-order valence-corrected chi connectivity index (χ3v) is 6.57. The van der Waals surface area contributed by atoms with Crippen molar-refractivity contribution in [1.82, 2.24) is 0 Å². The lowest BCUT2D eigenvalue weighted by atomic mass is 9.87. The highest BCUT2D eigenvalue weighted by Crippen LogP contribution is 2.46. The van der Waals surface area contributed by atoms with Crippen LogP contribution in [0.4, 0.5) is 0 Å². The zero-order valence-corrected chi connectivity index (χ0v) is 20.2. The minimum atomic E-state index is 0.407. The van der Waals surface area contributed by atoms with Crippen LogP contribution in [0.15, 0.2) is 36.4 Å². The first-order chi connectivity index (χ1) is 16.7. The van der Waals surface area contributed by atoms with E-state index in [1.165, 1.54) is 25.7 Å². The molecule has 0 heterocycles. The Morgan fingerprint density at radius 1 is 0.676 bits per heavy atom. The molecule has 4 heteroatoms. The molecule has 0 amide bonds. The van der Waals surface area contributed by atoms with Crippen LogP contribution in [0.25, 0.3) is 32.3 Å². The van der Waals surface area contributed by atoms with Crippen LogP contribution in [0, 0.1) is 22.7 Å². The predicted molar refractivity (Wildman–Crippen MR) is 139 cm³/mol. The van der Waals surface area contributed by atoms with Crippen LogP contribution in [-0.2, 0) is 0 Å². The minimum Gasteiger partial charge on any atom is -0.490 e. The van der Waals surface area contributed by atoms with E-state index in [4.69, 9.17) is 9.47 Å². The van der Waals surface area contributed by atoms with E-state index in [0.29, 0.717) is 30.1 Å². The number of nitrogens with zero attached hydrogens (tertiary/aromatic N) is 2. The Hall–Kier alpha value is -3.50. The second kappa shape index (κ2) is 11.1. The molecule has 0 aliphatic heterocycles. The van der Waals surface area contributed by atoms with Crippen LogP contribution in [0.2, 0.25) is 0 Å². The largest absolute Gasteiger partial charge is 0.490 e. The molecule has 4 aromatic carbocycles. The van der Waals surface area contributed by atoms with E-state index in [1.54, 1.807) is 0 Å². The van der Waals surface area contributed by atoms with Gasteiger partial charge in [0.25, 0.3) is 0 Å². The summed E-state index contributed by atoms with van der Waals surface area (Å²) in [7, 11) is 0. The van der Waals surface area contributed by atoms with Gasteiger partial charge >= 0.3 is 0 Å². The fourth-order valence-electron chi connectivity index (χ4n) is 4.83. The average molecular weight is 453 g/mol. The van der Waals surface area contributed by atoms with Gasteiger partial charge in [-0.25, -0.2) is 0 Å². The Morgan fingerprint density at radius 3 is 2.03 bits per heavy atom. The summed E-state index contributed by atoms with van der Waals surface area (Å²) in [6, 6.07) is 16.6. The molecule has 4 nitrogen and oxygen atoms in total. The predicted octanol–water partition coefficient (Wildman–Crippen LogP) is 8.25. The summed E-state index contributed by atoms with van der Waals surface area (Å²) in [6.07, 6.45) is 8.98. The van der Waals surface area contributed by atoms with Crippen LogP contribution in [0.5, 0.6) is 11.5 Å². The van der Waals surface area contributed by atoms with Crippen molar-refractivity contribution in [2.45, 2.75) is 65.2 Å². The van der Waals surface area contributed by atoms with Gasteiger partial charge in [0.1, 0.15) is 12.1 Å². The number of rotatable bonds is 12. The molecular formula is C30H32N2O2. The molecule has 0 aromatic heterocycles. The Labute approximate surface area is 202 Å². The van der Waals surface area contributed by atoms with E-state index in [9.17, 15) is 10.5 Å². The summed E-state index contributed by atoms with van der Waals surface area (Å²) in [5, 5.41) is 25.6. The molecule has 0 fully saturated rings. The standard InChI is InChI=1S/C30H32N2O2/c1-3-5-7-9-16-33-27-18-24-26(20-32)25(19-31)22-13-11-12-21-14-15-23(29(24)28(21)22)30(27)34-17-10-8-6-4-2/h11-15,18H,3-10,16-17H2,1-2H3. The van der Waals surface area contributed by atoms with Gasteiger partial charge in [-0.2, -0.15) is 10.5 Å². The highest BCUT2D eigenvalue weighted by molar-refractivity contribution is 6.27. The molecule has 174 valence electrons. The van der Waals surface area contributed by atoms with E-state index in [1.807, 2.05) is 18.2 Å². The van der Waals surface area contributed by atoms with E-state index in [2.05, 4.69) is 44.2 Å². The molecule has 0 radical (unpaired) electrons. The molecule has 4 rings (SSSR count). The van der Waals surface area contributed by atoms with Crippen LogP contribution >= 0.6 is 0 Å². The molecule has 0 saturated heterocycles. The van der Waals surface area contributed by atoms with E-state index in [0.717, 1.165) is 63.8 Å². The van der Waals surface area contributed by atoms with Gasteiger partial charge in [-0.05, 0) is 35.7 Å². The van der Waals surface area contributed by atoms with Crippen molar-refractivity contribution in [2.75, 3.05) is 13.2 Å². The monoisotopic (exact) mass is 452 g/mol. The highest BCUT2D eigenvalue weighted by Gasteiger charge is 2.22. The molecule has 0 unspecified atom stereocenters. The number of benzene rings is 4. The van der Waals surface area contributed by atoms with Crippen LogP contribution in [0.3, 0.4) is 0 Å². The molecule has 4 aromatic rings. The second-order valence-corrected chi connectivity index (χ2v) is 8.94. The first kappa shape index (κ1) is 23.7. The average Bonchev–Trinajstić information content (AvgIpc) is 2.87. The van der Waals surface area contributed by atoms with Crippen LogP contribution < -0.4 is 9.47 Å². The van der Waals surface area contributed by atoms with Crippen molar-refractivity contribution in [2.24, 2.45) is 0 Å². The lowest BCUT2D eigenvalue weighted by molar-refractivity contribution is 0.261. The normalized spacial score (nSPS) is 11.2. The minimum absolute atomic E-state index is 0.407. The summed E-state index contributed by atoms with van der Waals surface area (Å²) < 4.78 is 12.6. The molecule has 0 spiro atoms.